The molecule has 1 amide bonds. The number of likely N-dealkylation sites (tertiary alicyclic amines) is 1. The van der Waals surface area contributed by atoms with Gasteiger partial charge in [-0.15, -0.1) is 0 Å². The Kier molecular flexibility index (Phi) is 6.63. The highest BCUT2D eigenvalue weighted by molar-refractivity contribution is 5.77. The minimum Gasteiger partial charge on any atom is -0.379 e. The van der Waals surface area contributed by atoms with Crippen LogP contribution >= 0.6 is 0 Å². The molecule has 1 aliphatic heterocycles. The van der Waals surface area contributed by atoms with Crippen LogP contribution in [0.2, 0.25) is 0 Å². The van der Waals surface area contributed by atoms with Crippen molar-refractivity contribution in [3.63, 3.8) is 0 Å². The van der Waals surface area contributed by atoms with Gasteiger partial charge in [-0.1, -0.05) is 0 Å². The van der Waals surface area contributed by atoms with Gasteiger partial charge in [0, 0.05) is 38.2 Å². The predicted molar refractivity (Wildman–Crippen MR) is 94.2 cm³/mol. The maximum absolute atomic E-state index is 12.7. The molecule has 0 radical (unpaired) electrons. The van der Waals surface area contributed by atoms with Crippen LogP contribution in [0.5, 0.6) is 0 Å². The molecule has 1 aromatic carbocycles. The van der Waals surface area contributed by atoms with Crippen molar-refractivity contribution in [2.45, 2.75) is 38.4 Å². The van der Waals surface area contributed by atoms with E-state index < -0.39 is 22.4 Å². The number of halogens is 3. The van der Waals surface area contributed by atoms with Crippen LogP contribution in [0, 0.1) is 16.0 Å². The number of hydrogen-bond donors (Lipinski definition) is 2. The maximum atomic E-state index is 12.7. The van der Waals surface area contributed by atoms with E-state index in [-0.39, 0.29) is 30.6 Å². The fraction of sp³-hybridized carbons (Fsp3) is 0.588. The Morgan fingerprint density at radius 3 is 2.56 bits per heavy atom. The maximum Gasteiger partial charge on any atom is 0.416 e. The second-order valence-corrected chi connectivity index (χ2v) is 6.74. The minimum atomic E-state index is -4.66. The quantitative estimate of drug-likeness (QED) is 0.576. The average molecular weight is 388 g/mol. The predicted octanol–water partition coefficient (Wildman–Crippen LogP) is 3.00. The molecule has 1 aliphatic rings. The van der Waals surface area contributed by atoms with Gasteiger partial charge in [-0.2, -0.15) is 13.2 Å². The number of hydrogen-bond acceptors (Lipinski definition) is 5. The van der Waals surface area contributed by atoms with Crippen molar-refractivity contribution in [3.05, 3.63) is 33.9 Å². The fourth-order valence-corrected chi connectivity index (χ4v) is 3.15. The lowest BCUT2D eigenvalue weighted by Crippen LogP contribution is -2.42. The summed E-state index contributed by atoms with van der Waals surface area (Å²) in [5.41, 5.74) is 4.06. The van der Waals surface area contributed by atoms with E-state index in [0.29, 0.717) is 25.1 Å². The van der Waals surface area contributed by atoms with E-state index in [1.165, 1.54) is 0 Å². The van der Waals surface area contributed by atoms with Crippen molar-refractivity contribution in [2.75, 3.05) is 25.0 Å². The Balaban J connectivity index is 1.91. The van der Waals surface area contributed by atoms with Gasteiger partial charge in [0.25, 0.3) is 5.69 Å². The molecule has 7 nitrogen and oxygen atoms in total. The van der Waals surface area contributed by atoms with E-state index in [1.54, 1.807) is 4.90 Å². The number of carbonyl (C=O) groups is 1. The first kappa shape index (κ1) is 20.9. The fourth-order valence-electron chi connectivity index (χ4n) is 3.15. The van der Waals surface area contributed by atoms with Crippen molar-refractivity contribution < 1.29 is 22.9 Å². The number of nitrogens with one attached hydrogen (secondary N) is 1. The highest BCUT2D eigenvalue weighted by atomic mass is 19.4. The smallest absolute Gasteiger partial charge is 0.379 e. The number of benzene rings is 1. The molecule has 1 aromatic rings. The highest BCUT2D eigenvalue weighted by Crippen LogP contribution is 2.34. The van der Waals surface area contributed by atoms with Gasteiger partial charge >= 0.3 is 6.18 Å². The Hall–Kier alpha value is -2.36. The zero-order valence-corrected chi connectivity index (χ0v) is 15.0. The molecule has 0 aliphatic carbocycles. The first-order valence-corrected chi connectivity index (χ1v) is 8.72. The largest absolute Gasteiger partial charge is 0.416 e. The number of alkyl halides is 3. The summed E-state index contributed by atoms with van der Waals surface area (Å²) in [6, 6.07) is 2.36. The van der Waals surface area contributed by atoms with Gasteiger partial charge in [0.1, 0.15) is 5.69 Å². The molecule has 0 aromatic heterocycles. The molecule has 150 valence electrons. The average Bonchev–Trinajstić information content (AvgIpc) is 2.60. The van der Waals surface area contributed by atoms with Gasteiger partial charge < -0.3 is 16.0 Å². The zero-order valence-electron chi connectivity index (χ0n) is 15.0. The standard InChI is InChI=1S/C17H23F3N4O3/c1-11(21)12-5-8-23(9-6-12)16(25)4-7-22-14-3-2-13(17(18,19)20)10-15(14)24(26)27/h2-3,10-12,22H,4-9,21H2,1H3. The van der Waals surface area contributed by atoms with Gasteiger partial charge in [0.05, 0.1) is 10.5 Å². The van der Waals surface area contributed by atoms with Crippen LogP contribution in [0.1, 0.15) is 31.7 Å². The highest BCUT2D eigenvalue weighted by Gasteiger charge is 2.33. The van der Waals surface area contributed by atoms with E-state index in [9.17, 15) is 28.1 Å². The monoisotopic (exact) mass is 388 g/mol. The van der Waals surface area contributed by atoms with Crippen LogP contribution < -0.4 is 11.1 Å². The third kappa shape index (κ3) is 5.56. The number of carbonyl (C=O) groups excluding carboxylic acids is 1. The molecule has 2 rings (SSSR count). The summed E-state index contributed by atoms with van der Waals surface area (Å²) in [5, 5.41) is 13.7. The van der Waals surface area contributed by atoms with Crippen LogP contribution in [0.3, 0.4) is 0 Å². The second kappa shape index (κ2) is 8.55. The minimum absolute atomic E-state index is 0.0449. The summed E-state index contributed by atoms with van der Waals surface area (Å²) in [6.07, 6.45) is -2.89. The van der Waals surface area contributed by atoms with Crippen molar-refractivity contribution in [1.82, 2.24) is 4.90 Å². The summed E-state index contributed by atoms with van der Waals surface area (Å²) in [4.78, 5) is 24.1. The molecule has 0 spiro atoms. The summed E-state index contributed by atoms with van der Waals surface area (Å²) >= 11 is 0. The molecule has 1 heterocycles. The number of piperidine rings is 1. The molecule has 0 bridgehead atoms. The van der Waals surface area contributed by atoms with E-state index in [1.807, 2.05) is 6.92 Å². The molecule has 1 saturated heterocycles. The first-order chi connectivity index (χ1) is 12.6. The zero-order chi connectivity index (χ0) is 20.2. The van der Waals surface area contributed by atoms with E-state index in [0.717, 1.165) is 25.0 Å². The van der Waals surface area contributed by atoms with E-state index in [4.69, 9.17) is 5.73 Å². The molecule has 1 fully saturated rings. The third-order valence-corrected chi connectivity index (χ3v) is 4.81. The molecular weight excluding hydrogens is 365 g/mol. The summed E-state index contributed by atoms with van der Waals surface area (Å²) in [7, 11) is 0. The van der Waals surface area contributed by atoms with Gasteiger partial charge in [-0.25, -0.2) is 0 Å². The molecule has 0 saturated carbocycles. The lowest BCUT2D eigenvalue weighted by atomic mass is 9.91. The Morgan fingerprint density at radius 2 is 2.04 bits per heavy atom. The van der Waals surface area contributed by atoms with Gasteiger partial charge in [-0.3, -0.25) is 14.9 Å². The van der Waals surface area contributed by atoms with Crippen LogP contribution in [-0.4, -0.2) is 41.4 Å². The number of amides is 1. The topological polar surface area (TPSA) is 102 Å². The lowest BCUT2D eigenvalue weighted by molar-refractivity contribution is -0.384. The molecule has 3 N–H and O–H groups in total. The molecule has 1 atom stereocenters. The normalized spacial score (nSPS) is 16.9. The molecule has 10 heteroatoms. The van der Waals surface area contributed by atoms with Crippen LogP contribution in [0.4, 0.5) is 24.5 Å². The molecule has 27 heavy (non-hydrogen) atoms. The number of nitro groups is 1. The Bertz CT molecular complexity index is 686. The number of anilines is 1. The number of nitrogens with zero attached hydrogens (tertiary/aromatic N) is 2. The van der Waals surface area contributed by atoms with Gasteiger partial charge in [0.2, 0.25) is 5.91 Å². The lowest BCUT2D eigenvalue weighted by Gasteiger charge is -2.33. The molecular formula is C17H23F3N4O3. The van der Waals surface area contributed by atoms with Crippen molar-refractivity contribution in [3.8, 4) is 0 Å². The Labute approximate surface area is 154 Å². The second-order valence-electron chi connectivity index (χ2n) is 6.74. The van der Waals surface area contributed by atoms with Crippen LogP contribution in [0.15, 0.2) is 18.2 Å². The van der Waals surface area contributed by atoms with Crippen molar-refractivity contribution >= 4 is 17.3 Å². The van der Waals surface area contributed by atoms with Gasteiger partial charge in [0.15, 0.2) is 0 Å². The van der Waals surface area contributed by atoms with Crippen molar-refractivity contribution in [1.29, 1.82) is 0 Å². The Morgan fingerprint density at radius 1 is 1.41 bits per heavy atom. The van der Waals surface area contributed by atoms with E-state index in [2.05, 4.69) is 5.32 Å². The SMILES string of the molecule is CC(N)C1CCN(C(=O)CCNc2ccc(C(F)(F)F)cc2[N+](=O)[O-])CC1. The molecule has 1 unspecified atom stereocenters. The number of rotatable bonds is 6. The number of nitro benzene ring substituents is 1. The van der Waals surface area contributed by atoms with Gasteiger partial charge in [-0.05, 0) is 37.8 Å². The summed E-state index contributed by atoms with van der Waals surface area (Å²) in [5.74, 6) is 0.294. The summed E-state index contributed by atoms with van der Waals surface area (Å²) in [6.45, 7) is 3.28. The first-order valence-electron chi connectivity index (χ1n) is 8.72. The van der Waals surface area contributed by atoms with Crippen LogP contribution in [0.25, 0.3) is 0 Å². The third-order valence-electron chi connectivity index (χ3n) is 4.81. The van der Waals surface area contributed by atoms with Crippen LogP contribution in [-0.2, 0) is 11.0 Å². The summed E-state index contributed by atoms with van der Waals surface area (Å²) < 4.78 is 38.1. The van der Waals surface area contributed by atoms with E-state index >= 15 is 0 Å². The number of nitrogens with two attached hydrogens (primary N) is 1. The van der Waals surface area contributed by atoms with Crippen molar-refractivity contribution in [2.24, 2.45) is 11.7 Å².